The van der Waals surface area contributed by atoms with E-state index in [2.05, 4.69) is 0 Å². The summed E-state index contributed by atoms with van der Waals surface area (Å²) in [6.45, 7) is 2.01. The van der Waals surface area contributed by atoms with Gasteiger partial charge in [-0.15, -0.1) is 0 Å². The molecule has 1 aromatic heterocycles. The van der Waals surface area contributed by atoms with Crippen LogP contribution in [0, 0.1) is 6.92 Å². The van der Waals surface area contributed by atoms with Crippen LogP contribution in [0.1, 0.15) is 38.6 Å². The lowest BCUT2D eigenvalue weighted by Crippen LogP contribution is -2.53. The Kier molecular flexibility index (Phi) is 7.51. The number of aryl methyl sites for hydroxylation is 1. The molecule has 1 amide bonds. The van der Waals surface area contributed by atoms with Crippen LogP contribution >= 0.6 is 0 Å². The Bertz CT molecular complexity index is 1850. The molecule has 0 aliphatic carbocycles. The normalized spacial score (nSPS) is 14.3. The van der Waals surface area contributed by atoms with Crippen LogP contribution in [-0.4, -0.2) is 35.1 Å². The van der Waals surface area contributed by atoms with Crippen LogP contribution in [-0.2, 0) is 34.2 Å². The van der Waals surface area contributed by atoms with E-state index in [1.807, 2.05) is 85.8 Å². The Morgan fingerprint density at radius 2 is 1.61 bits per heavy atom. The summed E-state index contributed by atoms with van der Waals surface area (Å²) in [6, 6.07) is 28.2. The van der Waals surface area contributed by atoms with E-state index in [1.165, 1.54) is 11.0 Å². The van der Waals surface area contributed by atoms with Gasteiger partial charge in [0.2, 0.25) is 5.76 Å². The maximum absolute atomic E-state index is 14.1. The van der Waals surface area contributed by atoms with E-state index < -0.39 is 23.3 Å². The van der Waals surface area contributed by atoms with E-state index in [4.69, 9.17) is 9.15 Å². The SMILES string of the molecule is Cc1ccc2ccccc2c1C(=O)N(Cc1ccc(-c2cccc(C3(C(=O)O)COC3)c2)cc1)Cc1ccc(C(F)(F)F)o1. The number of fused-ring (bicyclic) bond motifs is 1. The third-order valence-corrected chi connectivity index (χ3v) is 8.11. The Morgan fingerprint density at radius 1 is 0.864 bits per heavy atom. The van der Waals surface area contributed by atoms with Gasteiger partial charge < -0.3 is 19.2 Å². The highest BCUT2D eigenvalue weighted by Crippen LogP contribution is 2.35. The first kappa shape index (κ1) is 29.2. The van der Waals surface area contributed by atoms with Crippen LogP contribution in [0.2, 0.25) is 0 Å². The predicted octanol–water partition coefficient (Wildman–Crippen LogP) is 7.62. The molecule has 0 unspecified atom stereocenters. The highest BCUT2D eigenvalue weighted by molar-refractivity contribution is 6.08. The van der Waals surface area contributed by atoms with E-state index in [9.17, 15) is 27.9 Å². The van der Waals surface area contributed by atoms with Gasteiger partial charge in [0, 0.05) is 6.54 Å². The maximum atomic E-state index is 14.1. The zero-order chi connectivity index (χ0) is 31.1. The van der Waals surface area contributed by atoms with Crippen LogP contribution in [0.15, 0.2) is 101 Å². The van der Waals surface area contributed by atoms with E-state index in [-0.39, 0.29) is 38.0 Å². The van der Waals surface area contributed by atoms with Crippen LogP contribution in [0.4, 0.5) is 13.2 Å². The summed E-state index contributed by atoms with van der Waals surface area (Å²) in [5, 5.41) is 11.4. The Balaban J connectivity index is 1.31. The number of amides is 1. The summed E-state index contributed by atoms with van der Waals surface area (Å²) < 4.78 is 50.1. The summed E-state index contributed by atoms with van der Waals surface area (Å²) in [5.74, 6) is -2.36. The number of alkyl halides is 3. The maximum Gasteiger partial charge on any atom is 0.449 e. The molecule has 4 aromatic carbocycles. The fourth-order valence-electron chi connectivity index (χ4n) is 5.56. The molecule has 1 aliphatic heterocycles. The quantitative estimate of drug-likeness (QED) is 0.199. The zero-order valence-electron chi connectivity index (χ0n) is 23.7. The molecule has 2 heterocycles. The number of carbonyl (C=O) groups excluding carboxylic acids is 1. The van der Waals surface area contributed by atoms with Gasteiger partial charge in [-0.3, -0.25) is 9.59 Å². The van der Waals surface area contributed by atoms with Crippen LogP contribution in [0.25, 0.3) is 21.9 Å². The average Bonchev–Trinajstić information content (AvgIpc) is 3.46. The molecule has 9 heteroatoms. The monoisotopic (exact) mass is 599 g/mol. The molecule has 44 heavy (non-hydrogen) atoms. The number of carboxylic acid groups (broad SMARTS) is 1. The molecule has 1 fully saturated rings. The predicted molar refractivity (Wildman–Crippen MR) is 158 cm³/mol. The highest BCUT2D eigenvalue weighted by atomic mass is 19.4. The molecule has 1 saturated heterocycles. The number of halogens is 3. The van der Waals surface area contributed by atoms with Crippen LogP contribution in [0.3, 0.4) is 0 Å². The molecule has 0 radical (unpaired) electrons. The molecular formula is C35H28F3NO5. The molecule has 6 rings (SSSR count). The second-order valence-electron chi connectivity index (χ2n) is 11.1. The summed E-state index contributed by atoms with van der Waals surface area (Å²) >= 11 is 0. The zero-order valence-corrected chi connectivity index (χ0v) is 23.7. The highest BCUT2D eigenvalue weighted by Gasteiger charge is 2.48. The second-order valence-corrected chi connectivity index (χ2v) is 11.1. The van der Waals surface area contributed by atoms with Gasteiger partial charge in [-0.1, -0.05) is 78.9 Å². The number of benzene rings is 4. The number of carboxylic acids is 1. The number of carbonyl (C=O) groups is 2. The van der Waals surface area contributed by atoms with Gasteiger partial charge in [0.25, 0.3) is 5.91 Å². The largest absolute Gasteiger partial charge is 0.480 e. The van der Waals surface area contributed by atoms with Gasteiger partial charge in [-0.25, -0.2) is 0 Å². The number of ether oxygens (including phenoxy) is 1. The molecule has 6 nitrogen and oxygen atoms in total. The van der Waals surface area contributed by atoms with Gasteiger partial charge in [0.15, 0.2) is 0 Å². The third kappa shape index (κ3) is 5.46. The van der Waals surface area contributed by atoms with Crippen molar-refractivity contribution in [1.82, 2.24) is 4.90 Å². The smallest absolute Gasteiger partial charge is 0.449 e. The molecule has 0 spiro atoms. The van der Waals surface area contributed by atoms with Crippen LogP contribution in [0.5, 0.6) is 0 Å². The van der Waals surface area contributed by atoms with Crippen molar-refractivity contribution in [3.8, 4) is 11.1 Å². The Labute approximate surface area is 251 Å². The van der Waals surface area contributed by atoms with Gasteiger partial charge >= 0.3 is 12.1 Å². The number of rotatable bonds is 8. The first-order valence-corrected chi connectivity index (χ1v) is 14.0. The second kappa shape index (κ2) is 11.3. The van der Waals surface area contributed by atoms with Crippen molar-refractivity contribution in [2.75, 3.05) is 13.2 Å². The van der Waals surface area contributed by atoms with Crippen molar-refractivity contribution in [3.63, 3.8) is 0 Å². The molecule has 0 atom stereocenters. The minimum Gasteiger partial charge on any atom is -0.480 e. The standard InChI is InChI=1S/C35H28F3NO5/c1-22-9-12-25-5-2-3-8-29(25)31(22)32(40)39(19-28-15-16-30(44-28)35(36,37)38)18-23-10-13-24(14-11-23)26-6-4-7-27(17-26)34(33(41)42)20-43-21-34/h2-17H,18-21H2,1H3,(H,41,42). The van der Waals surface area contributed by atoms with Gasteiger partial charge in [-0.2, -0.15) is 13.2 Å². The lowest BCUT2D eigenvalue weighted by atomic mass is 9.78. The summed E-state index contributed by atoms with van der Waals surface area (Å²) in [6.07, 6.45) is -4.64. The molecule has 224 valence electrons. The van der Waals surface area contributed by atoms with Crippen molar-refractivity contribution in [2.24, 2.45) is 0 Å². The first-order valence-electron chi connectivity index (χ1n) is 14.0. The van der Waals surface area contributed by atoms with Crippen LogP contribution < -0.4 is 0 Å². The summed E-state index contributed by atoms with van der Waals surface area (Å²) in [7, 11) is 0. The average molecular weight is 600 g/mol. The van der Waals surface area contributed by atoms with E-state index in [0.29, 0.717) is 11.1 Å². The third-order valence-electron chi connectivity index (χ3n) is 8.11. The van der Waals surface area contributed by atoms with Crippen molar-refractivity contribution in [2.45, 2.75) is 31.6 Å². The molecular weight excluding hydrogens is 571 g/mol. The summed E-state index contributed by atoms with van der Waals surface area (Å²) in [5.41, 5.74) is 3.27. The molecule has 0 saturated carbocycles. The number of furan rings is 1. The topological polar surface area (TPSA) is 80.0 Å². The minimum atomic E-state index is -4.64. The molecule has 5 aromatic rings. The number of aliphatic carboxylic acids is 1. The lowest BCUT2D eigenvalue weighted by molar-refractivity contribution is -0.163. The Morgan fingerprint density at radius 3 is 2.27 bits per heavy atom. The van der Waals surface area contributed by atoms with E-state index >= 15 is 0 Å². The fraction of sp³-hybridized carbons (Fsp3) is 0.200. The lowest BCUT2D eigenvalue weighted by Gasteiger charge is -2.37. The van der Waals surface area contributed by atoms with Crippen molar-refractivity contribution in [3.05, 3.63) is 131 Å². The number of hydrogen-bond donors (Lipinski definition) is 1. The summed E-state index contributed by atoms with van der Waals surface area (Å²) in [4.78, 5) is 27.5. The molecule has 1 N–H and O–H groups in total. The van der Waals surface area contributed by atoms with E-state index in [0.717, 1.165) is 39.1 Å². The number of hydrogen-bond acceptors (Lipinski definition) is 4. The van der Waals surface area contributed by atoms with Gasteiger partial charge in [0.05, 0.1) is 25.3 Å². The number of nitrogens with zero attached hydrogens (tertiary/aromatic N) is 1. The first-order chi connectivity index (χ1) is 21.0. The van der Waals surface area contributed by atoms with Crippen molar-refractivity contribution < 1.29 is 37.0 Å². The molecule has 0 bridgehead atoms. The van der Waals surface area contributed by atoms with Gasteiger partial charge in [0.1, 0.15) is 11.2 Å². The minimum absolute atomic E-state index is 0.0179. The van der Waals surface area contributed by atoms with E-state index in [1.54, 1.807) is 6.07 Å². The van der Waals surface area contributed by atoms with Crippen molar-refractivity contribution in [1.29, 1.82) is 0 Å². The van der Waals surface area contributed by atoms with Crippen molar-refractivity contribution >= 4 is 22.6 Å². The Hall–Kier alpha value is -4.89. The fourth-order valence-corrected chi connectivity index (χ4v) is 5.56. The van der Waals surface area contributed by atoms with Gasteiger partial charge in [-0.05, 0) is 63.7 Å². The molecule has 1 aliphatic rings.